The zero-order chi connectivity index (χ0) is 11.4. The summed E-state index contributed by atoms with van der Waals surface area (Å²) in [7, 11) is 1.58. The van der Waals surface area contributed by atoms with Crippen molar-refractivity contribution >= 4 is 34.8 Å². The van der Waals surface area contributed by atoms with Gasteiger partial charge >= 0.3 is 0 Å². The van der Waals surface area contributed by atoms with Crippen molar-refractivity contribution in [2.75, 3.05) is 12.4 Å². The van der Waals surface area contributed by atoms with Gasteiger partial charge in [-0.15, -0.1) is 0 Å². The standard InChI is InChI=1S/C10H12Cl2N2O/c1-6(10(15)13-2)14-9-5-7(11)3-4-8(9)12/h3-6,14H,1-2H3,(H,13,15). The van der Waals surface area contributed by atoms with E-state index in [0.29, 0.717) is 15.7 Å². The molecular weight excluding hydrogens is 235 g/mol. The number of rotatable bonds is 3. The number of anilines is 1. The Morgan fingerprint density at radius 2 is 2.07 bits per heavy atom. The number of hydrogen-bond acceptors (Lipinski definition) is 2. The smallest absolute Gasteiger partial charge is 0.241 e. The molecule has 2 N–H and O–H groups in total. The fourth-order valence-electron chi connectivity index (χ4n) is 1.12. The Kier molecular flexibility index (Phi) is 4.24. The predicted octanol–water partition coefficient (Wildman–Crippen LogP) is 2.54. The normalized spacial score (nSPS) is 12.0. The summed E-state index contributed by atoms with van der Waals surface area (Å²) < 4.78 is 0. The molecule has 0 spiro atoms. The van der Waals surface area contributed by atoms with Gasteiger partial charge in [0.25, 0.3) is 0 Å². The van der Waals surface area contributed by atoms with Crippen LogP contribution in [0.4, 0.5) is 5.69 Å². The van der Waals surface area contributed by atoms with Gasteiger partial charge in [0.15, 0.2) is 0 Å². The van der Waals surface area contributed by atoms with Gasteiger partial charge in [0, 0.05) is 12.1 Å². The minimum atomic E-state index is -0.356. The number of carbonyl (C=O) groups is 1. The molecule has 1 aromatic rings. The topological polar surface area (TPSA) is 41.1 Å². The van der Waals surface area contributed by atoms with E-state index in [4.69, 9.17) is 23.2 Å². The summed E-state index contributed by atoms with van der Waals surface area (Å²) in [6.45, 7) is 1.75. The van der Waals surface area contributed by atoms with Crippen molar-refractivity contribution < 1.29 is 4.79 Å². The van der Waals surface area contributed by atoms with Gasteiger partial charge in [-0.3, -0.25) is 4.79 Å². The summed E-state index contributed by atoms with van der Waals surface area (Å²) in [6, 6.07) is 4.71. The van der Waals surface area contributed by atoms with Crippen LogP contribution in [0.25, 0.3) is 0 Å². The second kappa shape index (κ2) is 5.24. The number of benzene rings is 1. The maximum atomic E-state index is 11.3. The third-order valence-corrected chi connectivity index (χ3v) is 2.50. The van der Waals surface area contributed by atoms with Crippen LogP contribution in [0.1, 0.15) is 6.92 Å². The van der Waals surface area contributed by atoms with Crippen LogP contribution in [0.15, 0.2) is 18.2 Å². The third-order valence-electron chi connectivity index (χ3n) is 1.94. The molecule has 0 aliphatic heterocycles. The molecule has 1 atom stereocenters. The second-order valence-electron chi connectivity index (χ2n) is 3.10. The Labute approximate surface area is 98.8 Å². The first kappa shape index (κ1) is 12.1. The Morgan fingerprint density at radius 3 is 2.67 bits per heavy atom. The highest BCUT2D eigenvalue weighted by atomic mass is 35.5. The lowest BCUT2D eigenvalue weighted by molar-refractivity contribution is -0.121. The SMILES string of the molecule is CNC(=O)C(C)Nc1cc(Cl)ccc1Cl. The van der Waals surface area contributed by atoms with Gasteiger partial charge in [-0.2, -0.15) is 0 Å². The lowest BCUT2D eigenvalue weighted by Crippen LogP contribution is -2.35. The Morgan fingerprint density at radius 1 is 1.40 bits per heavy atom. The van der Waals surface area contributed by atoms with Crippen LogP contribution in [-0.4, -0.2) is 19.0 Å². The quantitative estimate of drug-likeness (QED) is 0.861. The summed E-state index contributed by atoms with van der Waals surface area (Å²) in [5.41, 5.74) is 0.653. The molecule has 0 aromatic heterocycles. The summed E-state index contributed by atoms with van der Waals surface area (Å²) in [5.74, 6) is -0.106. The first-order chi connectivity index (χ1) is 7.04. The van der Waals surface area contributed by atoms with Gasteiger partial charge in [-0.25, -0.2) is 0 Å². The summed E-state index contributed by atoms with van der Waals surface area (Å²) in [4.78, 5) is 11.3. The van der Waals surface area contributed by atoms with Gasteiger partial charge in [-0.05, 0) is 25.1 Å². The number of carbonyl (C=O) groups excluding carboxylic acids is 1. The van der Waals surface area contributed by atoms with Crippen molar-refractivity contribution in [2.24, 2.45) is 0 Å². The van der Waals surface area contributed by atoms with Crippen LogP contribution in [0.2, 0.25) is 10.0 Å². The average Bonchev–Trinajstić information content (AvgIpc) is 2.22. The second-order valence-corrected chi connectivity index (χ2v) is 3.95. The minimum absolute atomic E-state index is 0.106. The van der Waals surface area contributed by atoms with Crippen LogP contribution in [0, 0.1) is 0 Å². The molecule has 0 aliphatic rings. The zero-order valence-corrected chi connectivity index (χ0v) is 9.99. The minimum Gasteiger partial charge on any atom is -0.373 e. The number of hydrogen-bond donors (Lipinski definition) is 2. The summed E-state index contributed by atoms with van der Waals surface area (Å²) >= 11 is 11.7. The highest BCUT2D eigenvalue weighted by Gasteiger charge is 2.11. The van der Waals surface area contributed by atoms with E-state index in [2.05, 4.69) is 10.6 Å². The van der Waals surface area contributed by atoms with E-state index in [1.165, 1.54) is 0 Å². The monoisotopic (exact) mass is 246 g/mol. The lowest BCUT2D eigenvalue weighted by atomic mass is 10.2. The summed E-state index contributed by atoms with van der Waals surface area (Å²) in [5, 5.41) is 6.63. The van der Waals surface area contributed by atoms with E-state index in [0.717, 1.165) is 0 Å². The molecular formula is C10H12Cl2N2O. The highest BCUT2D eigenvalue weighted by molar-refractivity contribution is 6.35. The molecule has 0 aliphatic carbocycles. The zero-order valence-electron chi connectivity index (χ0n) is 8.47. The van der Waals surface area contributed by atoms with Crippen LogP contribution in [0.5, 0.6) is 0 Å². The predicted molar refractivity (Wildman–Crippen MR) is 63.6 cm³/mol. The Hall–Kier alpha value is -0.930. The van der Waals surface area contributed by atoms with Gasteiger partial charge < -0.3 is 10.6 Å². The molecule has 1 rings (SSSR count). The highest BCUT2D eigenvalue weighted by Crippen LogP contribution is 2.25. The molecule has 0 bridgehead atoms. The van der Waals surface area contributed by atoms with E-state index < -0.39 is 0 Å². The Bertz CT molecular complexity index is 368. The fraction of sp³-hybridized carbons (Fsp3) is 0.300. The number of nitrogens with one attached hydrogen (secondary N) is 2. The number of amides is 1. The molecule has 1 aromatic carbocycles. The molecule has 0 saturated carbocycles. The molecule has 0 heterocycles. The van der Waals surface area contributed by atoms with Crippen molar-refractivity contribution in [3.63, 3.8) is 0 Å². The first-order valence-corrected chi connectivity index (χ1v) is 5.23. The largest absolute Gasteiger partial charge is 0.373 e. The van der Waals surface area contributed by atoms with Gasteiger partial charge in [0.2, 0.25) is 5.91 Å². The van der Waals surface area contributed by atoms with E-state index in [-0.39, 0.29) is 11.9 Å². The van der Waals surface area contributed by atoms with Gasteiger partial charge in [-0.1, -0.05) is 23.2 Å². The molecule has 0 fully saturated rings. The summed E-state index contributed by atoms with van der Waals surface area (Å²) in [6.07, 6.45) is 0. The average molecular weight is 247 g/mol. The van der Waals surface area contributed by atoms with Crippen molar-refractivity contribution in [3.8, 4) is 0 Å². The Balaban J connectivity index is 2.80. The molecule has 3 nitrogen and oxygen atoms in total. The fourth-order valence-corrected chi connectivity index (χ4v) is 1.47. The first-order valence-electron chi connectivity index (χ1n) is 4.47. The van der Waals surface area contributed by atoms with E-state index >= 15 is 0 Å². The van der Waals surface area contributed by atoms with Crippen LogP contribution < -0.4 is 10.6 Å². The van der Waals surface area contributed by atoms with E-state index in [1.807, 2.05) is 0 Å². The number of halogens is 2. The van der Waals surface area contributed by atoms with Crippen LogP contribution in [0.3, 0.4) is 0 Å². The van der Waals surface area contributed by atoms with E-state index in [1.54, 1.807) is 32.2 Å². The van der Waals surface area contributed by atoms with Crippen LogP contribution >= 0.6 is 23.2 Å². The van der Waals surface area contributed by atoms with Gasteiger partial charge in [0.05, 0.1) is 10.7 Å². The third kappa shape index (κ3) is 3.29. The maximum absolute atomic E-state index is 11.3. The number of likely N-dealkylation sites (N-methyl/N-ethyl adjacent to an activating group) is 1. The molecule has 15 heavy (non-hydrogen) atoms. The molecule has 82 valence electrons. The lowest BCUT2D eigenvalue weighted by Gasteiger charge is -2.14. The maximum Gasteiger partial charge on any atom is 0.241 e. The molecule has 0 saturated heterocycles. The van der Waals surface area contributed by atoms with Crippen molar-refractivity contribution in [1.82, 2.24) is 5.32 Å². The van der Waals surface area contributed by atoms with E-state index in [9.17, 15) is 4.79 Å². The van der Waals surface area contributed by atoms with Gasteiger partial charge in [0.1, 0.15) is 6.04 Å². The molecule has 1 amide bonds. The van der Waals surface area contributed by atoms with Crippen molar-refractivity contribution in [2.45, 2.75) is 13.0 Å². The molecule has 0 radical (unpaired) electrons. The van der Waals surface area contributed by atoms with Crippen LogP contribution in [-0.2, 0) is 4.79 Å². The molecule has 1 unspecified atom stereocenters. The van der Waals surface area contributed by atoms with Crippen molar-refractivity contribution in [1.29, 1.82) is 0 Å². The molecule has 5 heteroatoms. The van der Waals surface area contributed by atoms with Crippen molar-refractivity contribution in [3.05, 3.63) is 28.2 Å².